The molecule has 0 radical (unpaired) electrons. The van der Waals surface area contributed by atoms with E-state index in [0.717, 1.165) is 6.42 Å². The van der Waals surface area contributed by atoms with Crippen LogP contribution >= 0.6 is 0 Å². The number of carboxylic acids is 1. The van der Waals surface area contributed by atoms with E-state index in [9.17, 15) is 4.79 Å². The second kappa shape index (κ2) is 3.03. The quantitative estimate of drug-likeness (QED) is 0.610. The van der Waals surface area contributed by atoms with Crippen LogP contribution in [0.4, 0.5) is 0 Å². The minimum absolute atomic E-state index is 0.177. The van der Waals surface area contributed by atoms with Crippen molar-refractivity contribution in [2.24, 2.45) is 11.8 Å². The molecular formula is C8H12O4. The third-order valence-corrected chi connectivity index (χ3v) is 2.66. The summed E-state index contributed by atoms with van der Waals surface area (Å²) in [6.45, 7) is 1.88. The molecule has 0 amide bonds. The highest BCUT2D eigenvalue weighted by Crippen LogP contribution is 2.33. The zero-order valence-electron chi connectivity index (χ0n) is 6.73. The van der Waals surface area contributed by atoms with Crippen molar-refractivity contribution in [3.63, 3.8) is 0 Å². The Kier molecular flexibility index (Phi) is 2.02. The SMILES string of the molecule is O=C(O)[C@H]1OC[C@H]2COCC[C@@H]21. The standard InChI is InChI=1S/C8H12O4/c9-8(10)7-6-1-2-11-3-5(6)4-12-7/h5-7H,1-4H2,(H,9,10)/t5-,6+,7+/m1/s1. The smallest absolute Gasteiger partial charge is 0.333 e. The number of carboxylic acid groups (broad SMARTS) is 1. The third kappa shape index (κ3) is 1.21. The molecule has 0 bridgehead atoms. The fourth-order valence-electron chi connectivity index (χ4n) is 1.99. The van der Waals surface area contributed by atoms with E-state index in [2.05, 4.69) is 0 Å². The van der Waals surface area contributed by atoms with E-state index in [1.807, 2.05) is 0 Å². The predicted molar refractivity (Wildman–Crippen MR) is 39.8 cm³/mol. The maximum absolute atomic E-state index is 10.7. The van der Waals surface area contributed by atoms with Gasteiger partial charge in [-0.2, -0.15) is 0 Å². The van der Waals surface area contributed by atoms with E-state index in [1.54, 1.807) is 0 Å². The first-order valence-corrected chi connectivity index (χ1v) is 4.21. The van der Waals surface area contributed by atoms with Gasteiger partial charge in [0.05, 0.1) is 13.2 Å². The molecule has 4 heteroatoms. The van der Waals surface area contributed by atoms with Crippen molar-refractivity contribution in [2.45, 2.75) is 12.5 Å². The van der Waals surface area contributed by atoms with Gasteiger partial charge >= 0.3 is 5.97 Å². The van der Waals surface area contributed by atoms with Crippen LogP contribution in [0.15, 0.2) is 0 Å². The van der Waals surface area contributed by atoms with Crippen molar-refractivity contribution >= 4 is 5.97 Å². The number of ether oxygens (including phenoxy) is 2. The first-order chi connectivity index (χ1) is 5.79. The number of rotatable bonds is 1. The van der Waals surface area contributed by atoms with Crippen molar-refractivity contribution in [2.75, 3.05) is 19.8 Å². The topological polar surface area (TPSA) is 55.8 Å². The summed E-state index contributed by atoms with van der Waals surface area (Å²) in [5, 5.41) is 8.79. The lowest BCUT2D eigenvalue weighted by Gasteiger charge is -2.25. The molecule has 4 nitrogen and oxygen atoms in total. The van der Waals surface area contributed by atoms with Gasteiger partial charge in [-0.05, 0) is 6.42 Å². The van der Waals surface area contributed by atoms with E-state index in [1.165, 1.54) is 0 Å². The van der Waals surface area contributed by atoms with Crippen LogP contribution in [0.25, 0.3) is 0 Å². The monoisotopic (exact) mass is 172 g/mol. The summed E-state index contributed by atoms with van der Waals surface area (Å²) < 4.78 is 10.4. The molecule has 12 heavy (non-hydrogen) atoms. The lowest BCUT2D eigenvalue weighted by atomic mass is 9.87. The molecule has 2 heterocycles. The summed E-state index contributed by atoms with van der Waals surface area (Å²) in [6.07, 6.45) is 0.237. The summed E-state index contributed by atoms with van der Waals surface area (Å²) in [7, 11) is 0. The van der Waals surface area contributed by atoms with Crippen molar-refractivity contribution in [3.05, 3.63) is 0 Å². The summed E-state index contributed by atoms with van der Waals surface area (Å²) in [4.78, 5) is 10.7. The van der Waals surface area contributed by atoms with Gasteiger partial charge in [0.2, 0.25) is 0 Å². The van der Waals surface area contributed by atoms with Gasteiger partial charge in [-0.25, -0.2) is 4.79 Å². The fourth-order valence-corrected chi connectivity index (χ4v) is 1.99. The maximum Gasteiger partial charge on any atom is 0.333 e. The molecule has 2 fully saturated rings. The average Bonchev–Trinajstić information content (AvgIpc) is 2.47. The number of fused-ring (bicyclic) bond motifs is 1. The lowest BCUT2D eigenvalue weighted by molar-refractivity contribution is -0.149. The first kappa shape index (κ1) is 8.01. The molecule has 2 aliphatic rings. The zero-order valence-corrected chi connectivity index (χ0v) is 6.73. The highest BCUT2D eigenvalue weighted by molar-refractivity contribution is 5.73. The van der Waals surface area contributed by atoms with Crippen molar-refractivity contribution in [3.8, 4) is 0 Å². The van der Waals surface area contributed by atoms with Crippen molar-refractivity contribution in [1.29, 1.82) is 0 Å². The van der Waals surface area contributed by atoms with Crippen LogP contribution in [0, 0.1) is 11.8 Å². The van der Waals surface area contributed by atoms with Crippen LogP contribution in [0.5, 0.6) is 0 Å². The number of aliphatic carboxylic acids is 1. The summed E-state index contributed by atoms with van der Waals surface area (Å²) in [6, 6.07) is 0. The molecule has 0 aromatic rings. The van der Waals surface area contributed by atoms with Crippen LogP contribution in [0.3, 0.4) is 0 Å². The third-order valence-electron chi connectivity index (χ3n) is 2.66. The highest BCUT2D eigenvalue weighted by Gasteiger charge is 2.42. The van der Waals surface area contributed by atoms with Crippen LogP contribution in [-0.4, -0.2) is 37.0 Å². The molecule has 1 N–H and O–H groups in total. The number of hydrogen-bond donors (Lipinski definition) is 1. The minimum atomic E-state index is -0.829. The second-order valence-corrected chi connectivity index (χ2v) is 3.38. The van der Waals surface area contributed by atoms with E-state index in [0.29, 0.717) is 25.7 Å². The molecule has 0 unspecified atom stereocenters. The molecule has 0 aromatic heterocycles. The van der Waals surface area contributed by atoms with E-state index >= 15 is 0 Å². The van der Waals surface area contributed by atoms with Crippen molar-refractivity contribution in [1.82, 2.24) is 0 Å². The molecular weight excluding hydrogens is 160 g/mol. The molecule has 0 spiro atoms. The molecule has 0 aliphatic carbocycles. The Morgan fingerprint density at radius 1 is 1.42 bits per heavy atom. The summed E-state index contributed by atoms with van der Waals surface area (Å²) >= 11 is 0. The van der Waals surface area contributed by atoms with Gasteiger partial charge < -0.3 is 14.6 Å². The summed E-state index contributed by atoms with van der Waals surface area (Å²) in [5.74, 6) is -0.347. The average molecular weight is 172 g/mol. The lowest BCUT2D eigenvalue weighted by Crippen LogP contribution is -2.34. The Morgan fingerprint density at radius 2 is 2.25 bits per heavy atom. The Labute approximate surface area is 70.5 Å². The van der Waals surface area contributed by atoms with Gasteiger partial charge in [-0.3, -0.25) is 0 Å². The fraction of sp³-hybridized carbons (Fsp3) is 0.875. The Bertz CT molecular complexity index is 191. The molecule has 2 aliphatic heterocycles. The molecule has 0 saturated carbocycles. The molecule has 2 rings (SSSR count). The van der Waals surface area contributed by atoms with Crippen LogP contribution in [-0.2, 0) is 14.3 Å². The van der Waals surface area contributed by atoms with Gasteiger partial charge in [-0.1, -0.05) is 0 Å². The second-order valence-electron chi connectivity index (χ2n) is 3.38. The van der Waals surface area contributed by atoms with E-state index in [4.69, 9.17) is 14.6 Å². The highest BCUT2D eigenvalue weighted by atomic mass is 16.5. The maximum atomic E-state index is 10.7. The van der Waals surface area contributed by atoms with Crippen molar-refractivity contribution < 1.29 is 19.4 Å². The number of carbonyl (C=O) groups is 1. The summed E-state index contributed by atoms with van der Waals surface area (Å²) in [5.41, 5.74) is 0. The van der Waals surface area contributed by atoms with Gasteiger partial charge in [0.15, 0.2) is 6.10 Å². The minimum Gasteiger partial charge on any atom is -0.479 e. The zero-order chi connectivity index (χ0) is 8.55. The number of hydrogen-bond acceptors (Lipinski definition) is 3. The van der Waals surface area contributed by atoms with Crippen LogP contribution in [0.2, 0.25) is 0 Å². The van der Waals surface area contributed by atoms with Gasteiger partial charge in [-0.15, -0.1) is 0 Å². The van der Waals surface area contributed by atoms with Gasteiger partial charge in [0, 0.05) is 18.4 Å². The van der Waals surface area contributed by atoms with E-state index in [-0.39, 0.29) is 5.92 Å². The normalized spacial score (nSPS) is 40.8. The largest absolute Gasteiger partial charge is 0.479 e. The molecule has 68 valence electrons. The Morgan fingerprint density at radius 3 is 3.00 bits per heavy atom. The Hall–Kier alpha value is -0.610. The first-order valence-electron chi connectivity index (χ1n) is 4.21. The molecule has 3 atom stereocenters. The van der Waals surface area contributed by atoms with Gasteiger partial charge in [0.1, 0.15) is 0 Å². The van der Waals surface area contributed by atoms with E-state index < -0.39 is 12.1 Å². The Balaban J connectivity index is 2.05. The molecule has 2 saturated heterocycles. The van der Waals surface area contributed by atoms with Crippen LogP contribution in [0.1, 0.15) is 6.42 Å². The van der Waals surface area contributed by atoms with Gasteiger partial charge in [0.25, 0.3) is 0 Å². The molecule has 0 aromatic carbocycles. The van der Waals surface area contributed by atoms with Crippen LogP contribution < -0.4 is 0 Å². The predicted octanol–water partition coefficient (Wildman–Crippen LogP) is 0.122.